The minimum Gasteiger partial charge on any atom is -0.314 e. The Morgan fingerprint density at radius 3 is 2.70 bits per heavy atom. The highest BCUT2D eigenvalue weighted by Gasteiger charge is 1.93. The Kier molecular flexibility index (Phi) is 1.96. The lowest BCUT2D eigenvalue weighted by atomic mass is 10.6. The molecule has 0 aliphatic heterocycles. The zero-order valence-electron chi connectivity index (χ0n) is 5.07. The number of aromatic nitrogens is 2. The summed E-state index contributed by atoms with van der Waals surface area (Å²) in [4.78, 5) is 23.8. The number of rotatable bonds is 1. The van der Waals surface area contributed by atoms with Crippen molar-refractivity contribution >= 4 is 12.6 Å². The van der Waals surface area contributed by atoms with E-state index in [9.17, 15) is 9.59 Å². The molecule has 0 aliphatic rings. The normalized spacial score (nSPS) is 9.70. The maximum Gasteiger partial charge on any atom is 0.329 e. The van der Waals surface area contributed by atoms with E-state index in [4.69, 9.17) is 0 Å². The number of hydrogen-bond donors (Lipinski definition) is 2. The third kappa shape index (κ3) is 1.13. The Morgan fingerprint density at radius 1 is 1.60 bits per heavy atom. The maximum atomic E-state index is 10.8. The molecule has 1 aromatic rings. The Bertz CT molecular complexity index is 299. The van der Waals surface area contributed by atoms with Gasteiger partial charge in [0.2, 0.25) is 0 Å². The number of hydrogen-bond acceptors (Lipinski definition) is 3. The van der Waals surface area contributed by atoms with E-state index in [0.717, 1.165) is 4.57 Å². The van der Waals surface area contributed by atoms with Crippen LogP contribution < -0.4 is 11.2 Å². The quantitative estimate of drug-likeness (QED) is 0.537. The number of nitrogens with zero attached hydrogens (tertiary/aromatic N) is 1. The molecule has 1 N–H and O–H groups in total. The Balaban J connectivity index is 3.46. The second-order valence-corrected chi connectivity index (χ2v) is 1.97. The fraction of sp³-hybridized carbons (Fsp3) is 0.200. The second kappa shape index (κ2) is 2.74. The molecule has 1 rings (SSSR count). The summed E-state index contributed by atoms with van der Waals surface area (Å²) in [6, 6.07) is 1.28. The van der Waals surface area contributed by atoms with Crippen molar-refractivity contribution in [1.29, 1.82) is 0 Å². The number of aromatic amines is 1. The van der Waals surface area contributed by atoms with Gasteiger partial charge in [-0.05, 0) is 0 Å². The van der Waals surface area contributed by atoms with E-state index >= 15 is 0 Å². The van der Waals surface area contributed by atoms with Crippen LogP contribution in [0.4, 0.5) is 0 Å². The van der Waals surface area contributed by atoms with E-state index in [0.29, 0.717) is 0 Å². The van der Waals surface area contributed by atoms with Gasteiger partial charge in [0.15, 0.2) is 0 Å². The highest BCUT2D eigenvalue weighted by atomic mass is 32.1. The first-order valence-corrected chi connectivity index (χ1v) is 3.28. The van der Waals surface area contributed by atoms with Crippen molar-refractivity contribution in [3.63, 3.8) is 0 Å². The molecule has 4 nitrogen and oxygen atoms in total. The molecule has 5 heteroatoms. The van der Waals surface area contributed by atoms with Crippen LogP contribution in [-0.2, 0) is 5.88 Å². The third-order valence-electron chi connectivity index (χ3n) is 1.09. The maximum absolute atomic E-state index is 10.8. The van der Waals surface area contributed by atoms with Crippen molar-refractivity contribution in [1.82, 2.24) is 9.55 Å². The third-order valence-corrected chi connectivity index (χ3v) is 1.37. The molecule has 0 unspecified atom stereocenters. The van der Waals surface area contributed by atoms with E-state index in [1.54, 1.807) is 0 Å². The molecule has 0 saturated heterocycles. The van der Waals surface area contributed by atoms with E-state index < -0.39 is 5.69 Å². The molecule has 10 heavy (non-hydrogen) atoms. The van der Waals surface area contributed by atoms with Crippen molar-refractivity contribution in [2.75, 3.05) is 0 Å². The summed E-state index contributed by atoms with van der Waals surface area (Å²) in [5.41, 5.74) is -0.763. The van der Waals surface area contributed by atoms with Crippen LogP contribution in [0.25, 0.3) is 0 Å². The molecular formula is C5H6N2O2S. The van der Waals surface area contributed by atoms with Crippen LogP contribution in [-0.4, -0.2) is 9.55 Å². The van der Waals surface area contributed by atoms with Crippen LogP contribution in [0.1, 0.15) is 0 Å². The molecule has 0 atom stereocenters. The van der Waals surface area contributed by atoms with E-state index in [-0.39, 0.29) is 11.4 Å². The SMILES string of the molecule is O=c1cc[nH]c(=O)n1CS. The fourth-order valence-electron chi connectivity index (χ4n) is 0.586. The van der Waals surface area contributed by atoms with Crippen LogP contribution >= 0.6 is 12.6 Å². The first-order chi connectivity index (χ1) is 4.75. The minimum absolute atomic E-state index is 0.106. The Labute approximate surface area is 61.9 Å². The highest BCUT2D eigenvalue weighted by Crippen LogP contribution is 1.73. The Hall–Kier alpha value is -0.970. The smallest absolute Gasteiger partial charge is 0.314 e. The predicted octanol–water partition coefficient (Wildman–Crippen LogP) is -0.576. The van der Waals surface area contributed by atoms with Crippen molar-refractivity contribution in [2.24, 2.45) is 0 Å². The van der Waals surface area contributed by atoms with Crippen molar-refractivity contribution in [2.45, 2.75) is 5.88 Å². The predicted molar refractivity (Wildman–Crippen MR) is 40.3 cm³/mol. The molecule has 0 saturated carbocycles. The molecule has 0 aromatic carbocycles. The van der Waals surface area contributed by atoms with Crippen molar-refractivity contribution in [3.05, 3.63) is 33.1 Å². The topological polar surface area (TPSA) is 54.9 Å². The Morgan fingerprint density at radius 2 is 2.30 bits per heavy atom. The van der Waals surface area contributed by atoms with Gasteiger partial charge in [-0.3, -0.25) is 9.36 Å². The van der Waals surface area contributed by atoms with Crippen LogP contribution in [0.5, 0.6) is 0 Å². The molecule has 1 aromatic heterocycles. The van der Waals surface area contributed by atoms with E-state index in [1.165, 1.54) is 12.3 Å². The van der Waals surface area contributed by atoms with Gasteiger partial charge in [-0.25, -0.2) is 4.79 Å². The summed E-state index contributed by atoms with van der Waals surface area (Å²) >= 11 is 3.79. The van der Waals surface area contributed by atoms with Crippen LogP contribution in [0, 0.1) is 0 Å². The van der Waals surface area contributed by atoms with Gasteiger partial charge in [0.1, 0.15) is 0 Å². The lowest BCUT2D eigenvalue weighted by Gasteiger charge is -1.94. The second-order valence-electron chi connectivity index (χ2n) is 1.69. The molecular weight excluding hydrogens is 152 g/mol. The first kappa shape index (κ1) is 7.14. The van der Waals surface area contributed by atoms with Crippen LogP contribution in [0.2, 0.25) is 0 Å². The van der Waals surface area contributed by atoms with Gasteiger partial charge >= 0.3 is 5.69 Å². The average molecular weight is 158 g/mol. The molecule has 0 aliphatic carbocycles. The highest BCUT2D eigenvalue weighted by molar-refractivity contribution is 7.79. The number of H-pyrrole nitrogens is 1. The molecule has 54 valence electrons. The van der Waals surface area contributed by atoms with Gasteiger partial charge in [-0.15, -0.1) is 0 Å². The summed E-state index contributed by atoms with van der Waals surface area (Å²) < 4.78 is 0.989. The lowest BCUT2D eigenvalue weighted by molar-refractivity contribution is 0.763. The van der Waals surface area contributed by atoms with Gasteiger partial charge in [0, 0.05) is 12.3 Å². The zero-order chi connectivity index (χ0) is 7.56. The zero-order valence-corrected chi connectivity index (χ0v) is 5.97. The monoisotopic (exact) mass is 158 g/mol. The average Bonchev–Trinajstić information content (AvgIpc) is 1.88. The van der Waals surface area contributed by atoms with Crippen LogP contribution in [0.3, 0.4) is 0 Å². The molecule has 0 spiro atoms. The molecule has 0 fully saturated rings. The van der Waals surface area contributed by atoms with Crippen molar-refractivity contribution < 1.29 is 0 Å². The largest absolute Gasteiger partial charge is 0.329 e. The van der Waals surface area contributed by atoms with Gasteiger partial charge < -0.3 is 4.98 Å². The standard InChI is InChI=1S/C5H6N2O2S/c8-4-1-2-6-5(9)7(4)3-10/h1-2,10H,3H2,(H,6,9). The summed E-state index contributed by atoms with van der Waals surface area (Å²) in [5.74, 6) is 0.106. The lowest BCUT2D eigenvalue weighted by Crippen LogP contribution is -2.32. The molecule has 0 radical (unpaired) electrons. The number of thiol groups is 1. The van der Waals surface area contributed by atoms with Gasteiger partial charge in [0.05, 0.1) is 5.88 Å². The molecule has 0 bridgehead atoms. The molecule has 1 heterocycles. The van der Waals surface area contributed by atoms with Gasteiger partial charge in [-0.2, -0.15) is 12.6 Å². The summed E-state index contributed by atoms with van der Waals surface area (Å²) in [6.45, 7) is 0. The van der Waals surface area contributed by atoms with E-state index in [2.05, 4.69) is 17.6 Å². The van der Waals surface area contributed by atoms with Crippen LogP contribution in [0.15, 0.2) is 21.9 Å². The van der Waals surface area contributed by atoms with Gasteiger partial charge in [0.25, 0.3) is 5.56 Å². The molecule has 0 amide bonds. The number of nitrogens with one attached hydrogen (secondary N) is 1. The van der Waals surface area contributed by atoms with Gasteiger partial charge in [-0.1, -0.05) is 0 Å². The first-order valence-electron chi connectivity index (χ1n) is 2.65. The summed E-state index contributed by atoms with van der Waals surface area (Å²) in [6.07, 6.45) is 1.31. The minimum atomic E-state index is -0.428. The summed E-state index contributed by atoms with van der Waals surface area (Å²) in [5, 5.41) is 0. The summed E-state index contributed by atoms with van der Waals surface area (Å²) in [7, 11) is 0. The van der Waals surface area contributed by atoms with E-state index in [1.807, 2.05) is 0 Å². The fourth-order valence-corrected chi connectivity index (χ4v) is 0.854. The van der Waals surface area contributed by atoms with Crippen molar-refractivity contribution in [3.8, 4) is 0 Å².